The van der Waals surface area contributed by atoms with Gasteiger partial charge in [-0.2, -0.15) is 18.3 Å². The summed E-state index contributed by atoms with van der Waals surface area (Å²) < 4.78 is 44.5. The zero-order valence-corrected chi connectivity index (χ0v) is 14.5. The fraction of sp³-hybridized carbons (Fsp3) is 0.812. The number of hydrogen-bond acceptors (Lipinski definition) is 4. The Labute approximate surface area is 148 Å². The second kappa shape index (κ2) is 7.81. The monoisotopic (exact) mass is 376 g/mol. The molecule has 26 heavy (non-hydrogen) atoms. The maximum absolute atomic E-state index is 12.5. The second-order valence-corrected chi connectivity index (χ2v) is 6.85. The first-order valence-electron chi connectivity index (χ1n) is 8.96. The van der Waals surface area contributed by atoms with Crippen molar-refractivity contribution in [1.82, 2.24) is 19.2 Å². The molecule has 1 fully saturated rings. The predicted octanol–water partition coefficient (Wildman–Crippen LogP) is 1.34. The number of alkyl halides is 3. The molecule has 2 aliphatic rings. The molecule has 0 aliphatic carbocycles. The number of carbonyl (C=O) groups is 1. The zero-order chi connectivity index (χ0) is 18.7. The molecule has 1 amide bonds. The van der Waals surface area contributed by atoms with Gasteiger partial charge in [0, 0.05) is 26.1 Å². The number of amides is 1. The number of piperidine rings is 1. The predicted molar refractivity (Wildman–Crippen MR) is 85.7 cm³/mol. The van der Waals surface area contributed by atoms with Crippen LogP contribution in [0.5, 0.6) is 0 Å². The number of aryl methyl sites for hydroxylation is 1. The van der Waals surface area contributed by atoms with E-state index in [0.29, 0.717) is 38.2 Å². The number of hydrogen-bond donors (Lipinski definition) is 0. The summed E-state index contributed by atoms with van der Waals surface area (Å²) in [4.78, 5) is 26.4. The van der Waals surface area contributed by atoms with Crippen molar-refractivity contribution in [2.45, 2.75) is 63.9 Å². The van der Waals surface area contributed by atoms with Gasteiger partial charge in [-0.15, -0.1) is 0 Å². The van der Waals surface area contributed by atoms with Crippen LogP contribution in [-0.2, 0) is 29.0 Å². The van der Waals surface area contributed by atoms with Crippen LogP contribution in [0.4, 0.5) is 13.2 Å². The Morgan fingerprint density at radius 1 is 1.19 bits per heavy atom. The van der Waals surface area contributed by atoms with Gasteiger partial charge in [-0.3, -0.25) is 9.36 Å². The summed E-state index contributed by atoms with van der Waals surface area (Å²) in [6, 6.07) is 0. The van der Waals surface area contributed by atoms with Gasteiger partial charge in [-0.1, -0.05) is 6.42 Å². The Bertz CT molecular complexity index is 698. The van der Waals surface area contributed by atoms with Crippen molar-refractivity contribution >= 4 is 5.91 Å². The number of nitrogens with zero attached hydrogens (tertiary/aromatic N) is 4. The summed E-state index contributed by atoms with van der Waals surface area (Å²) in [5, 5.41) is 4.27. The van der Waals surface area contributed by atoms with E-state index in [0.717, 1.165) is 19.3 Å². The third-order valence-corrected chi connectivity index (χ3v) is 4.78. The molecule has 0 spiro atoms. The highest BCUT2D eigenvalue weighted by Crippen LogP contribution is 2.19. The maximum Gasteiger partial charge on any atom is 0.411 e. The standard InChI is InChI=1S/C16H23F3N4O3/c17-16(18,19)11-26-12-5-4-7-21(9-12)14(24)10-23-15(25)22-8-3-1-2-6-13(22)20-23/h12H,1-11H2. The van der Waals surface area contributed by atoms with Crippen molar-refractivity contribution in [2.24, 2.45) is 0 Å². The molecule has 7 nitrogen and oxygen atoms in total. The van der Waals surface area contributed by atoms with E-state index in [1.54, 1.807) is 4.57 Å². The average Bonchev–Trinajstić information content (AvgIpc) is 2.77. The number of ether oxygens (including phenoxy) is 1. The Morgan fingerprint density at radius 2 is 2.00 bits per heavy atom. The van der Waals surface area contributed by atoms with Gasteiger partial charge in [-0.05, 0) is 25.7 Å². The van der Waals surface area contributed by atoms with Gasteiger partial charge in [0.2, 0.25) is 5.91 Å². The van der Waals surface area contributed by atoms with Gasteiger partial charge >= 0.3 is 11.9 Å². The number of carbonyl (C=O) groups excluding carboxylic acids is 1. The molecule has 1 aromatic rings. The van der Waals surface area contributed by atoms with E-state index >= 15 is 0 Å². The van der Waals surface area contributed by atoms with E-state index in [4.69, 9.17) is 4.74 Å². The highest BCUT2D eigenvalue weighted by Gasteiger charge is 2.32. The summed E-state index contributed by atoms with van der Waals surface area (Å²) in [5.41, 5.74) is -0.294. The van der Waals surface area contributed by atoms with E-state index in [2.05, 4.69) is 5.10 Å². The van der Waals surface area contributed by atoms with Crippen LogP contribution in [0, 0.1) is 0 Å². The van der Waals surface area contributed by atoms with Crippen molar-refractivity contribution in [3.8, 4) is 0 Å². The van der Waals surface area contributed by atoms with Crippen LogP contribution in [0.15, 0.2) is 4.79 Å². The van der Waals surface area contributed by atoms with Gasteiger partial charge in [0.25, 0.3) is 0 Å². The molecular formula is C16H23F3N4O3. The van der Waals surface area contributed by atoms with Crippen molar-refractivity contribution in [3.05, 3.63) is 16.3 Å². The first-order valence-corrected chi connectivity index (χ1v) is 8.96. The van der Waals surface area contributed by atoms with E-state index in [1.807, 2.05) is 0 Å². The van der Waals surface area contributed by atoms with E-state index < -0.39 is 18.9 Å². The molecule has 1 aromatic heterocycles. The van der Waals surface area contributed by atoms with Crippen LogP contribution < -0.4 is 5.69 Å². The van der Waals surface area contributed by atoms with Crippen LogP contribution in [-0.4, -0.2) is 57.1 Å². The summed E-state index contributed by atoms with van der Waals surface area (Å²) in [5.74, 6) is 0.381. The number of halogens is 3. The normalized spacial score (nSPS) is 21.3. The Morgan fingerprint density at radius 3 is 2.77 bits per heavy atom. The minimum Gasteiger partial charge on any atom is -0.367 e. The van der Waals surface area contributed by atoms with E-state index in [9.17, 15) is 22.8 Å². The first-order chi connectivity index (χ1) is 12.3. The summed E-state index contributed by atoms with van der Waals surface area (Å²) in [6.45, 7) is -0.332. The molecule has 0 saturated carbocycles. The zero-order valence-electron chi connectivity index (χ0n) is 14.5. The molecule has 2 aliphatic heterocycles. The fourth-order valence-electron chi connectivity index (χ4n) is 3.47. The van der Waals surface area contributed by atoms with Crippen LogP contribution in [0.25, 0.3) is 0 Å². The molecule has 3 rings (SSSR count). The van der Waals surface area contributed by atoms with Gasteiger partial charge in [-0.25, -0.2) is 9.48 Å². The Hall–Kier alpha value is -1.84. The molecule has 10 heteroatoms. The second-order valence-electron chi connectivity index (χ2n) is 6.85. The lowest BCUT2D eigenvalue weighted by atomic mass is 10.1. The minimum atomic E-state index is -4.38. The van der Waals surface area contributed by atoms with Gasteiger partial charge in [0.1, 0.15) is 19.0 Å². The highest BCUT2D eigenvalue weighted by atomic mass is 19.4. The quantitative estimate of drug-likeness (QED) is 0.795. The molecule has 1 unspecified atom stereocenters. The number of fused-ring (bicyclic) bond motifs is 1. The fourth-order valence-corrected chi connectivity index (χ4v) is 3.47. The average molecular weight is 376 g/mol. The highest BCUT2D eigenvalue weighted by molar-refractivity contribution is 5.76. The molecule has 0 N–H and O–H groups in total. The summed E-state index contributed by atoms with van der Waals surface area (Å²) in [7, 11) is 0. The molecule has 146 valence electrons. The molecule has 1 saturated heterocycles. The molecule has 0 radical (unpaired) electrons. The summed E-state index contributed by atoms with van der Waals surface area (Å²) >= 11 is 0. The maximum atomic E-state index is 12.5. The van der Waals surface area contributed by atoms with Crippen LogP contribution in [0.3, 0.4) is 0 Å². The molecule has 1 atom stereocenters. The molecule has 0 bridgehead atoms. The van der Waals surface area contributed by atoms with Crippen molar-refractivity contribution in [3.63, 3.8) is 0 Å². The van der Waals surface area contributed by atoms with Gasteiger partial charge in [0.05, 0.1) is 6.10 Å². The SMILES string of the molecule is O=C(Cn1nc2n(c1=O)CCCCC2)N1CCCC(OCC(F)(F)F)C1. The Kier molecular flexibility index (Phi) is 5.69. The van der Waals surface area contributed by atoms with Crippen molar-refractivity contribution in [1.29, 1.82) is 0 Å². The van der Waals surface area contributed by atoms with Crippen LogP contribution >= 0.6 is 0 Å². The largest absolute Gasteiger partial charge is 0.411 e. The summed E-state index contributed by atoms with van der Waals surface area (Å²) in [6.07, 6.45) is -0.312. The smallest absolute Gasteiger partial charge is 0.367 e. The third kappa shape index (κ3) is 4.66. The van der Waals surface area contributed by atoms with E-state index in [-0.39, 0.29) is 24.7 Å². The van der Waals surface area contributed by atoms with Gasteiger partial charge in [0.15, 0.2) is 0 Å². The minimum absolute atomic E-state index is 0.108. The molecule has 0 aromatic carbocycles. The lowest BCUT2D eigenvalue weighted by Crippen LogP contribution is -2.46. The number of likely N-dealkylation sites (tertiary alicyclic amines) is 1. The lowest BCUT2D eigenvalue weighted by Gasteiger charge is -2.32. The van der Waals surface area contributed by atoms with Crippen molar-refractivity contribution in [2.75, 3.05) is 19.7 Å². The number of aromatic nitrogens is 3. The van der Waals surface area contributed by atoms with Crippen LogP contribution in [0.1, 0.15) is 37.9 Å². The Balaban J connectivity index is 1.60. The molecule has 3 heterocycles. The van der Waals surface area contributed by atoms with E-state index in [1.165, 1.54) is 9.58 Å². The van der Waals surface area contributed by atoms with Crippen LogP contribution in [0.2, 0.25) is 0 Å². The van der Waals surface area contributed by atoms with Crippen molar-refractivity contribution < 1.29 is 22.7 Å². The third-order valence-electron chi connectivity index (χ3n) is 4.78. The lowest BCUT2D eigenvalue weighted by molar-refractivity contribution is -0.190. The number of rotatable bonds is 4. The topological polar surface area (TPSA) is 69.4 Å². The first kappa shape index (κ1) is 18.9. The molecular weight excluding hydrogens is 353 g/mol. The van der Waals surface area contributed by atoms with Gasteiger partial charge < -0.3 is 9.64 Å².